The van der Waals surface area contributed by atoms with Crippen LogP contribution in [0.4, 0.5) is 0 Å². The number of hydrogen-bond donors (Lipinski definition) is 0. The number of amides is 1. The summed E-state index contributed by atoms with van der Waals surface area (Å²) in [5.74, 6) is 0.0451. The van der Waals surface area contributed by atoms with E-state index in [1.54, 1.807) is 12.3 Å². The van der Waals surface area contributed by atoms with E-state index in [0.29, 0.717) is 11.7 Å². The molecule has 130 valence electrons. The number of nitrogens with zero attached hydrogens (tertiary/aromatic N) is 3. The standard InChI is InChI=1S/C20H22BrN3O/c21-17-5-9-22-19(13-17)20(25)23-11-7-18(8-12-23)24-10-6-15-3-1-2-4-16(15)14-24/h1-5,9,13,18H,6-8,10-12,14H2. The van der Waals surface area contributed by atoms with Gasteiger partial charge >= 0.3 is 0 Å². The smallest absolute Gasteiger partial charge is 0.272 e. The maximum absolute atomic E-state index is 12.6. The van der Waals surface area contributed by atoms with Gasteiger partial charge in [-0.25, -0.2) is 0 Å². The molecule has 5 heteroatoms. The molecule has 0 aliphatic carbocycles. The van der Waals surface area contributed by atoms with Crippen molar-refractivity contribution in [1.29, 1.82) is 0 Å². The van der Waals surface area contributed by atoms with Crippen LogP contribution in [0.1, 0.15) is 34.5 Å². The van der Waals surface area contributed by atoms with E-state index in [2.05, 4.69) is 50.1 Å². The lowest BCUT2D eigenvalue weighted by molar-refractivity contribution is 0.0594. The molecule has 1 aromatic carbocycles. The molecule has 0 radical (unpaired) electrons. The number of hydrogen-bond acceptors (Lipinski definition) is 3. The fourth-order valence-corrected chi connectivity index (χ4v) is 4.28. The van der Waals surface area contributed by atoms with Crippen molar-refractivity contribution in [2.24, 2.45) is 0 Å². The number of aromatic nitrogens is 1. The third-order valence-electron chi connectivity index (χ3n) is 5.37. The molecule has 0 atom stereocenters. The average molecular weight is 400 g/mol. The highest BCUT2D eigenvalue weighted by Crippen LogP contribution is 2.25. The summed E-state index contributed by atoms with van der Waals surface area (Å²) in [5, 5.41) is 0. The first-order valence-corrected chi connectivity index (χ1v) is 9.71. The Bertz CT molecular complexity index is 771. The van der Waals surface area contributed by atoms with Crippen LogP contribution in [0.15, 0.2) is 47.1 Å². The lowest BCUT2D eigenvalue weighted by Crippen LogP contribution is -2.48. The molecule has 1 amide bonds. The highest BCUT2D eigenvalue weighted by Gasteiger charge is 2.29. The highest BCUT2D eigenvalue weighted by molar-refractivity contribution is 9.10. The maximum atomic E-state index is 12.6. The third kappa shape index (κ3) is 3.62. The summed E-state index contributed by atoms with van der Waals surface area (Å²) < 4.78 is 0.896. The van der Waals surface area contributed by atoms with Crippen LogP contribution in [0, 0.1) is 0 Å². The van der Waals surface area contributed by atoms with Crippen LogP contribution in [0.3, 0.4) is 0 Å². The lowest BCUT2D eigenvalue weighted by Gasteiger charge is -2.40. The van der Waals surface area contributed by atoms with Gasteiger partial charge in [0.05, 0.1) is 0 Å². The molecule has 2 aliphatic heterocycles. The lowest BCUT2D eigenvalue weighted by atomic mass is 9.95. The average Bonchev–Trinajstić information content (AvgIpc) is 2.67. The molecule has 1 aromatic heterocycles. The minimum atomic E-state index is 0.0451. The zero-order valence-electron chi connectivity index (χ0n) is 14.2. The van der Waals surface area contributed by atoms with E-state index in [0.717, 1.165) is 49.9 Å². The van der Waals surface area contributed by atoms with Gasteiger partial charge in [-0.15, -0.1) is 0 Å². The molecule has 2 aliphatic rings. The van der Waals surface area contributed by atoms with Gasteiger partial charge in [-0.05, 0) is 42.5 Å². The first kappa shape index (κ1) is 16.7. The van der Waals surface area contributed by atoms with Crippen LogP contribution in [0.2, 0.25) is 0 Å². The molecule has 2 aromatic rings. The van der Waals surface area contributed by atoms with Crippen LogP contribution in [-0.4, -0.2) is 46.4 Å². The summed E-state index contributed by atoms with van der Waals surface area (Å²) in [4.78, 5) is 21.4. The van der Waals surface area contributed by atoms with E-state index in [-0.39, 0.29) is 5.91 Å². The Morgan fingerprint density at radius 2 is 1.84 bits per heavy atom. The van der Waals surface area contributed by atoms with Gasteiger partial charge in [-0.3, -0.25) is 14.7 Å². The zero-order valence-corrected chi connectivity index (χ0v) is 15.8. The van der Waals surface area contributed by atoms with Crippen molar-refractivity contribution < 1.29 is 4.79 Å². The van der Waals surface area contributed by atoms with Crippen molar-refractivity contribution >= 4 is 21.8 Å². The predicted octanol–water partition coefficient (Wildman–Crippen LogP) is 3.51. The Balaban J connectivity index is 1.37. The minimum absolute atomic E-state index is 0.0451. The highest BCUT2D eigenvalue weighted by atomic mass is 79.9. The summed E-state index contributed by atoms with van der Waals surface area (Å²) in [6.07, 6.45) is 4.90. The molecule has 0 N–H and O–H groups in total. The normalized spacial score (nSPS) is 18.8. The van der Waals surface area contributed by atoms with Crippen molar-refractivity contribution in [2.75, 3.05) is 19.6 Å². The number of benzene rings is 1. The number of fused-ring (bicyclic) bond motifs is 1. The van der Waals surface area contributed by atoms with Crippen molar-refractivity contribution in [2.45, 2.75) is 31.8 Å². The third-order valence-corrected chi connectivity index (χ3v) is 5.86. The molecule has 0 saturated carbocycles. The van der Waals surface area contributed by atoms with Crippen molar-refractivity contribution in [1.82, 2.24) is 14.8 Å². The first-order chi connectivity index (χ1) is 12.2. The van der Waals surface area contributed by atoms with Gasteiger partial charge in [-0.1, -0.05) is 40.2 Å². The number of piperidine rings is 1. The number of rotatable bonds is 2. The van der Waals surface area contributed by atoms with Crippen LogP contribution < -0.4 is 0 Å². The Morgan fingerprint density at radius 1 is 1.08 bits per heavy atom. The van der Waals surface area contributed by atoms with E-state index in [9.17, 15) is 4.79 Å². The van der Waals surface area contributed by atoms with Crippen molar-refractivity contribution in [3.63, 3.8) is 0 Å². The monoisotopic (exact) mass is 399 g/mol. The SMILES string of the molecule is O=C(c1cc(Br)ccn1)N1CCC(N2CCc3ccccc3C2)CC1. The topological polar surface area (TPSA) is 36.4 Å². The Labute approximate surface area is 157 Å². The number of likely N-dealkylation sites (tertiary alicyclic amines) is 1. The minimum Gasteiger partial charge on any atom is -0.337 e. The molecule has 0 unspecified atom stereocenters. The van der Waals surface area contributed by atoms with Crippen LogP contribution in [0.5, 0.6) is 0 Å². The van der Waals surface area contributed by atoms with Gasteiger partial charge in [0.25, 0.3) is 5.91 Å². The summed E-state index contributed by atoms with van der Waals surface area (Å²) >= 11 is 3.41. The first-order valence-electron chi connectivity index (χ1n) is 8.92. The largest absolute Gasteiger partial charge is 0.337 e. The zero-order chi connectivity index (χ0) is 17.2. The number of carbonyl (C=O) groups is 1. The van der Waals surface area contributed by atoms with Crippen molar-refractivity contribution in [3.8, 4) is 0 Å². The second kappa shape index (κ2) is 7.26. The van der Waals surface area contributed by atoms with Gasteiger partial charge in [0, 0.05) is 42.9 Å². The number of pyridine rings is 1. The summed E-state index contributed by atoms with van der Waals surface area (Å²) in [6, 6.07) is 13.0. The maximum Gasteiger partial charge on any atom is 0.272 e. The van der Waals surface area contributed by atoms with Crippen molar-refractivity contribution in [3.05, 3.63) is 63.9 Å². The molecule has 0 bridgehead atoms. The Morgan fingerprint density at radius 3 is 2.60 bits per heavy atom. The quantitative estimate of drug-likeness (QED) is 0.774. The van der Waals surface area contributed by atoms with Gasteiger partial charge < -0.3 is 4.90 Å². The molecule has 1 fully saturated rings. The number of halogens is 1. The fourth-order valence-electron chi connectivity index (χ4n) is 3.95. The second-order valence-electron chi connectivity index (χ2n) is 6.87. The van der Waals surface area contributed by atoms with E-state index in [1.165, 1.54) is 11.1 Å². The van der Waals surface area contributed by atoms with Crippen LogP contribution in [-0.2, 0) is 13.0 Å². The molecule has 4 nitrogen and oxygen atoms in total. The van der Waals surface area contributed by atoms with Gasteiger partial charge in [-0.2, -0.15) is 0 Å². The van der Waals surface area contributed by atoms with E-state index in [1.807, 2.05) is 11.0 Å². The molecular formula is C20H22BrN3O. The number of carbonyl (C=O) groups excluding carboxylic acids is 1. The van der Waals surface area contributed by atoms with E-state index in [4.69, 9.17) is 0 Å². The predicted molar refractivity (Wildman–Crippen MR) is 101 cm³/mol. The van der Waals surface area contributed by atoms with Gasteiger partial charge in [0.2, 0.25) is 0 Å². The Hall–Kier alpha value is -1.72. The van der Waals surface area contributed by atoms with Crippen LogP contribution >= 0.6 is 15.9 Å². The fraction of sp³-hybridized carbons (Fsp3) is 0.400. The molecular weight excluding hydrogens is 378 g/mol. The molecule has 25 heavy (non-hydrogen) atoms. The van der Waals surface area contributed by atoms with E-state index < -0.39 is 0 Å². The molecule has 4 rings (SSSR count). The Kier molecular flexibility index (Phi) is 4.86. The van der Waals surface area contributed by atoms with E-state index >= 15 is 0 Å². The van der Waals surface area contributed by atoms with Gasteiger partial charge in [0.1, 0.15) is 5.69 Å². The summed E-state index contributed by atoms with van der Waals surface area (Å²) in [5.41, 5.74) is 3.48. The van der Waals surface area contributed by atoms with Gasteiger partial charge in [0.15, 0.2) is 0 Å². The second-order valence-corrected chi connectivity index (χ2v) is 7.79. The molecule has 3 heterocycles. The molecule has 1 saturated heterocycles. The van der Waals surface area contributed by atoms with Crippen LogP contribution in [0.25, 0.3) is 0 Å². The molecule has 0 spiro atoms. The summed E-state index contributed by atoms with van der Waals surface area (Å²) in [7, 11) is 0. The summed E-state index contributed by atoms with van der Waals surface area (Å²) in [6.45, 7) is 3.80.